The summed E-state index contributed by atoms with van der Waals surface area (Å²) in [4.78, 5) is 24.9. The minimum atomic E-state index is -0.497. The summed E-state index contributed by atoms with van der Waals surface area (Å²) in [6.45, 7) is 4.50. The van der Waals surface area contributed by atoms with Crippen LogP contribution in [0.15, 0.2) is 16.5 Å². The molecule has 2 N–H and O–H groups in total. The van der Waals surface area contributed by atoms with E-state index in [2.05, 4.69) is 17.6 Å². The van der Waals surface area contributed by atoms with Crippen molar-refractivity contribution in [2.45, 2.75) is 38.8 Å². The summed E-state index contributed by atoms with van der Waals surface area (Å²) in [6.07, 6.45) is 1.19. The molecule has 21 heavy (non-hydrogen) atoms. The maximum atomic E-state index is 11.9. The Bertz CT molecular complexity index is 526. The van der Waals surface area contributed by atoms with E-state index in [0.29, 0.717) is 18.4 Å². The number of rotatable bonds is 5. The number of urea groups is 1. The molecule has 1 aromatic heterocycles. The van der Waals surface area contributed by atoms with E-state index in [1.807, 2.05) is 24.1 Å². The van der Waals surface area contributed by atoms with E-state index in [0.717, 1.165) is 11.5 Å². The number of amides is 3. The number of carbonyl (C=O) groups excluding carboxylic acids is 2. The van der Waals surface area contributed by atoms with Crippen LogP contribution in [0.4, 0.5) is 4.79 Å². The van der Waals surface area contributed by atoms with Gasteiger partial charge in [0.25, 0.3) is 0 Å². The number of imide groups is 1. The number of furan rings is 1. The number of nitrogens with zero attached hydrogens (tertiary/aromatic N) is 1. The SMILES string of the molecule is CNC(=O)NC(=O)[C@H](C)N(C)Cc1ccc([C@H]2C[C@H]2C)o1. The second-order valence-corrected chi connectivity index (χ2v) is 5.78. The quantitative estimate of drug-likeness (QED) is 0.866. The number of carbonyl (C=O) groups is 2. The van der Waals surface area contributed by atoms with E-state index in [-0.39, 0.29) is 5.91 Å². The highest BCUT2D eigenvalue weighted by atomic mass is 16.3. The molecule has 0 saturated heterocycles. The third kappa shape index (κ3) is 3.85. The van der Waals surface area contributed by atoms with Crippen molar-refractivity contribution in [1.82, 2.24) is 15.5 Å². The van der Waals surface area contributed by atoms with Crippen LogP contribution >= 0.6 is 0 Å². The van der Waals surface area contributed by atoms with Gasteiger partial charge in [-0.25, -0.2) is 4.79 Å². The van der Waals surface area contributed by atoms with Gasteiger partial charge in [0.2, 0.25) is 5.91 Å². The third-order valence-electron chi connectivity index (χ3n) is 4.07. The molecule has 1 aliphatic rings. The predicted octanol–water partition coefficient (Wildman–Crippen LogP) is 1.68. The van der Waals surface area contributed by atoms with Crippen LogP contribution in [0.3, 0.4) is 0 Å². The molecule has 1 aromatic rings. The molecule has 2 rings (SSSR count). The highest BCUT2D eigenvalue weighted by molar-refractivity contribution is 5.96. The van der Waals surface area contributed by atoms with Crippen LogP contribution in [-0.2, 0) is 11.3 Å². The Balaban J connectivity index is 1.88. The van der Waals surface area contributed by atoms with E-state index >= 15 is 0 Å². The zero-order chi connectivity index (χ0) is 15.6. The monoisotopic (exact) mass is 293 g/mol. The van der Waals surface area contributed by atoms with Crippen LogP contribution in [0.5, 0.6) is 0 Å². The van der Waals surface area contributed by atoms with Crippen LogP contribution in [0.2, 0.25) is 0 Å². The minimum absolute atomic E-state index is 0.334. The Morgan fingerprint density at radius 3 is 2.71 bits per heavy atom. The van der Waals surface area contributed by atoms with Crippen molar-refractivity contribution < 1.29 is 14.0 Å². The molecule has 0 unspecified atom stereocenters. The molecule has 1 aliphatic carbocycles. The molecule has 116 valence electrons. The molecule has 1 heterocycles. The Morgan fingerprint density at radius 1 is 1.48 bits per heavy atom. The van der Waals surface area contributed by atoms with E-state index in [1.165, 1.54) is 13.5 Å². The third-order valence-corrected chi connectivity index (χ3v) is 4.07. The van der Waals surface area contributed by atoms with Crippen LogP contribution in [0.1, 0.15) is 37.7 Å². The first-order valence-electron chi connectivity index (χ1n) is 7.23. The topological polar surface area (TPSA) is 74.6 Å². The fourth-order valence-electron chi connectivity index (χ4n) is 2.26. The maximum Gasteiger partial charge on any atom is 0.321 e. The van der Waals surface area contributed by atoms with Crippen molar-refractivity contribution >= 4 is 11.9 Å². The average Bonchev–Trinajstić information content (AvgIpc) is 3.00. The fraction of sp³-hybridized carbons (Fsp3) is 0.600. The van der Waals surface area contributed by atoms with E-state index in [4.69, 9.17) is 4.42 Å². The number of nitrogens with one attached hydrogen (secondary N) is 2. The Labute approximate surface area is 124 Å². The van der Waals surface area contributed by atoms with Gasteiger partial charge < -0.3 is 9.73 Å². The van der Waals surface area contributed by atoms with Crippen molar-refractivity contribution in [3.05, 3.63) is 23.7 Å². The Kier molecular flexibility index (Phi) is 4.67. The second kappa shape index (κ2) is 6.30. The zero-order valence-corrected chi connectivity index (χ0v) is 13.0. The number of hydrogen-bond acceptors (Lipinski definition) is 4. The van der Waals surface area contributed by atoms with Crippen LogP contribution in [0.25, 0.3) is 0 Å². The molecule has 0 bridgehead atoms. The summed E-state index contributed by atoms with van der Waals surface area (Å²) in [7, 11) is 3.30. The van der Waals surface area contributed by atoms with Crippen molar-refractivity contribution in [2.24, 2.45) is 5.92 Å². The molecule has 6 nitrogen and oxygen atoms in total. The lowest BCUT2D eigenvalue weighted by Crippen LogP contribution is -2.47. The van der Waals surface area contributed by atoms with Gasteiger partial charge in [0.05, 0.1) is 12.6 Å². The zero-order valence-electron chi connectivity index (χ0n) is 13.0. The maximum absolute atomic E-state index is 11.9. The lowest BCUT2D eigenvalue weighted by Gasteiger charge is -2.22. The molecule has 3 amide bonds. The van der Waals surface area contributed by atoms with E-state index in [9.17, 15) is 9.59 Å². The first kappa shape index (κ1) is 15.6. The summed E-state index contributed by atoms with van der Waals surface area (Å²) < 4.78 is 5.83. The summed E-state index contributed by atoms with van der Waals surface area (Å²) >= 11 is 0. The minimum Gasteiger partial charge on any atom is -0.464 e. The molecule has 1 fully saturated rings. The highest BCUT2D eigenvalue weighted by Crippen LogP contribution is 2.47. The predicted molar refractivity (Wildman–Crippen MR) is 78.8 cm³/mol. The van der Waals surface area contributed by atoms with Gasteiger partial charge in [0.1, 0.15) is 11.5 Å². The van der Waals surface area contributed by atoms with Gasteiger partial charge in [-0.2, -0.15) is 0 Å². The van der Waals surface area contributed by atoms with Gasteiger partial charge >= 0.3 is 6.03 Å². The largest absolute Gasteiger partial charge is 0.464 e. The second-order valence-electron chi connectivity index (χ2n) is 5.78. The van der Waals surface area contributed by atoms with Gasteiger partial charge in [0, 0.05) is 13.0 Å². The molecule has 6 heteroatoms. The van der Waals surface area contributed by atoms with Crippen molar-refractivity contribution in [3.8, 4) is 0 Å². The summed E-state index contributed by atoms with van der Waals surface area (Å²) in [5.41, 5.74) is 0. The Morgan fingerprint density at radius 2 is 2.14 bits per heavy atom. The van der Waals surface area contributed by atoms with Crippen molar-refractivity contribution in [1.29, 1.82) is 0 Å². The molecule has 3 atom stereocenters. The molecule has 0 spiro atoms. The van der Waals surface area contributed by atoms with E-state index in [1.54, 1.807) is 6.92 Å². The first-order chi connectivity index (χ1) is 9.92. The average molecular weight is 293 g/mol. The van der Waals surface area contributed by atoms with Crippen LogP contribution < -0.4 is 10.6 Å². The van der Waals surface area contributed by atoms with Gasteiger partial charge in [-0.1, -0.05) is 6.92 Å². The molecule has 0 aliphatic heterocycles. The molecule has 0 radical (unpaired) electrons. The summed E-state index contributed by atoms with van der Waals surface area (Å²) in [5.74, 6) is 2.80. The molecule has 0 aromatic carbocycles. The van der Waals surface area contributed by atoms with Gasteiger partial charge in [-0.05, 0) is 38.4 Å². The lowest BCUT2D eigenvalue weighted by molar-refractivity contribution is -0.124. The molecular formula is C15H23N3O3. The lowest BCUT2D eigenvalue weighted by atomic mass is 10.2. The van der Waals surface area contributed by atoms with E-state index < -0.39 is 12.1 Å². The summed E-state index contributed by atoms with van der Waals surface area (Å²) in [6, 6.07) is 3.06. The summed E-state index contributed by atoms with van der Waals surface area (Å²) in [5, 5.41) is 4.63. The smallest absolute Gasteiger partial charge is 0.321 e. The fourth-order valence-corrected chi connectivity index (χ4v) is 2.26. The van der Waals surface area contributed by atoms with Gasteiger partial charge in [-0.15, -0.1) is 0 Å². The number of likely N-dealkylation sites (N-methyl/N-ethyl adjacent to an activating group) is 1. The normalized spacial score (nSPS) is 22.0. The van der Waals surface area contributed by atoms with Crippen molar-refractivity contribution in [2.75, 3.05) is 14.1 Å². The molecular weight excluding hydrogens is 270 g/mol. The van der Waals surface area contributed by atoms with Gasteiger partial charge in [-0.3, -0.25) is 15.0 Å². The highest BCUT2D eigenvalue weighted by Gasteiger charge is 2.36. The Hall–Kier alpha value is -1.82. The number of hydrogen-bond donors (Lipinski definition) is 2. The van der Waals surface area contributed by atoms with Crippen LogP contribution in [0, 0.1) is 5.92 Å². The first-order valence-corrected chi connectivity index (χ1v) is 7.23. The van der Waals surface area contributed by atoms with Crippen molar-refractivity contribution in [3.63, 3.8) is 0 Å². The molecule has 1 saturated carbocycles. The standard InChI is InChI=1S/C15H23N3O3/c1-9-7-12(9)13-6-5-11(21-13)8-18(4)10(2)14(19)17-15(20)16-3/h5-6,9-10,12H,7-8H2,1-4H3,(H2,16,17,19,20)/t9-,10+,12+/m1/s1. The van der Waals surface area contributed by atoms with Crippen LogP contribution in [-0.4, -0.2) is 37.0 Å². The van der Waals surface area contributed by atoms with Gasteiger partial charge in [0.15, 0.2) is 0 Å².